The van der Waals surface area contributed by atoms with Crippen molar-refractivity contribution in [3.63, 3.8) is 0 Å². The fourth-order valence-electron chi connectivity index (χ4n) is 3.33. The van der Waals surface area contributed by atoms with E-state index in [1.54, 1.807) is 12.3 Å². The SMILES string of the molecule is Cc1ccc(COc2ccc3ccccc3c2/C=N\OCc2ccccc2C#N)cc1. The van der Waals surface area contributed by atoms with Crippen molar-refractivity contribution in [3.05, 3.63) is 113 Å². The maximum atomic E-state index is 9.22. The molecule has 0 atom stereocenters. The molecular weight excluding hydrogens is 384 g/mol. The smallest absolute Gasteiger partial charge is 0.143 e. The van der Waals surface area contributed by atoms with Crippen LogP contribution in [0.5, 0.6) is 5.75 Å². The number of fused-ring (bicyclic) bond motifs is 1. The van der Waals surface area contributed by atoms with Gasteiger partial charge in [-0.1, -0.05) is 83.5 Å². The number of oxime groups is 1. The third-order valence-corrected chi connectivity index (χ3v) is 5.06. The van der Waals surface area contributed by atoms with Crippen molar-refractivity contribution in [3.8, 4) is 11.8 Å². The van der Waals surface area contributed by atoms with Crippen LogP contribution in [0.25, 0.3) is 10.8 Å². The lowest BCUT2D eigenvalue weighted by molar-refractivity contribution is 0.132. The fraction of sp³-hybridized carbons (Fsp3) is 0.111. The van der Waals surface area contributed by atoms with Crippen molar-refractivity contribution >= 4 is 17.0 Å². The topological polar surface area (TPSA) is 54.6 Å². The molecule has 0 aliphatic heterocycles. The van der Waals surface area contributed by atoms with Gasteiger partial charge in [0.05, 0.1) is 17.8 Å². The minimum absolute atomic E-state index is 0.227. The first-order valence-electron chi connectivity index (χ1n) is 10.1. The normalized spacial score (nSPS) is 10.8. The highest BCUT2D eigenvalue weighted by molar-refractivity contribution is 6.02. The maximum Gasteiger partial charge on any atom is 0.143 e. The molecule has 0 aliphatic rings. The molecular formula is C27H22N2O2. The third kappa shape index (κ3) is 4.91. The average Bonchev–Trinajstić information content (AvgIpc) is 2.82. The van der Waals surface area contributed by atoms with Crippen LogP contribution in [0.1, 0.15) is 27.8 Å². The Labute approximate surface area is 182 Å². The van der Waals surface area contributed by atoms with Crippen molar-refractivity contribution in [2.75, 3.05) is 0 Å². The standard InChI is InChI=1S/C27H22N2O2/c1-20-10-12-21(13-11-20)18-30-27-15-14-22-6-4-5-9-25(22)26(27)17-29-31-19-24-8-3-2-7-23(24)16-28/h2-15,17H,18-19H2,1H3/b29-17-. The Bertz CT molecular complexity index is 1250. The maximum absolute atomic E-state index is 9.22. The van der Waals surface area contributed by atoms with Crippen molar-refractivity contribution < 1.29 is 9.57 Å². The second kappa shape index (κ2) is 9.60. The lowest BCUT2D eigenvalue weighted by Crippen LogP contribution is -2.00. The number of ether oxygens (including phenoxy) is 1. The van der Waals surface area contributed by atoms with Crippen LogP contribution in [-0.4, -0.2) is 6.21 Å². The molecule has 4 aromatic carbocycles. The van der Waals surface area contributed by atoms with E-state index in [0.717, 1.165) is 33.2 Å². The minimum atomic E-state index is 0.227. The molecule has 4 aromatic rings. The van der Waals surface area contributed by atoms with E-state index in [9.17, 15) is 5.26 Å². The molecule has 0 unspecified atom stereocenters. The minimum Gasteiger partial charge on any atom is -0.488 e. The third-order valence-electron chi connectivity index (χ3n) is 5.06. The Kier molecular flexibility index (Phi) is 6.25. The fourth-order valence-corrected chi connectivity index (χ4v) is 3.33. The van der Waals surface area contributed by atoms with E-state index in [2.05, 4.69) is 48.5 Å². The number of hydrogen-bond donors (Lipinski definition) is 0. The summed E-state index contributed by atoms with van der Waals surface area (Å²) in [6.07, 6.45) is 1.68. The van der Waals surface area contributed by atoms with Gasteiger partial charge in [0.25, 0.3) is 0 Å². The Balaban J connectivity index is 1.55. The highest BCUT2D eigenvalue weighted by Crippen LogP contribution is 2.27. The molecule has 0 aliphatic carbocycles. The van der Waals surface area contributed by atoms with Crippen LogP contribution in [0.3, 0.4) is 0 Å². The molecule has 0 amide bonds. The van der Waals surface area contributed by atoms with Crippen molar-refractivity contribution in [1.82, 2.24) is 0 Å². The van der Waals surface area contributed by atoms with Crippen molar-refractivity contribution in [1.29, 1.82) is 5.26 Å². The van der Waals surface area contributed by atoms with E-state index in [1.165, 1.54) is 5.56 Å². The van der Waals surface area contributed by atoms with Gasteiger partial charge >= 0.3 is 0 Å². The molecule has 0 N–H and O–H groups in total. The molecule has 0 radical (unpaired) electrons. The summed E-state index contributed by atoms with van der Waals surface area (Å²) < 4.78 is 6.13. The van der Waals surface area contributed by atoms with Gasteiger partial charge in [0.2, 0.25) is 0 Å². The van der Waals surface area contributed by atoms with Crippen LogP contribution in [-0.2, 0) is 18.1 Å². The zero-order valence-corrected chi connectivity index (χ0v) is 17.3. The molecule has 0 heterocycles. The van der Waals surface area contributed by atoms with Gasteiger partial charge in [-0.15, -0.1) is 0 Å². The van der Waals surface area contributed by atoms with Gasteiger partial charge in [0.1, 0.15) is 19.0 Å². The average molecular weight is 406 g/mol. The summed E-state index contributed by atoms with van der Waals surface area (Å²) in [5.74, 6) is 0.740. The van der Waals surface area contributed by atoms with Crippen LogP contribution in [0, 0.1) is 18.3 Å². The molecule has 0 fully saturated rings. The quantitative estimate of drug-likeness (QED) is 0.273. The Morgan fingerprint density at radius 1 is 0.871 bits per heavy atom. The van der Waals surface area contributed by atoms with Gasteiger partial charge in [-0.3, -0.25) is 0 Å². The van der Waals surface area contributed by atoms with Crippen LogP contribution in [0.4, 0.5) is 0 Å². The van der Waals surface area contributed by atoms with Gasteiger partial charge in [0, 0.05) is 11.1 Å². The van der Waals surface area contributed by atoms with Crippen LogP contribution < -0.4 is 4.74 Å². The monoisotopic (exact) mass is 406 g/mol. The Hall–Kier alpha value is -4.10. The summed E-state index contributed by atoms with van der Waals surface area (Å²) in [5.41, 5.74) is 4.57. The highest BCUT2D eigenvalue weighted by atomic mass is 16.6. The lowest BCUT2D eigenvalue weighted by atomic mass is 10.0. The van der Waals surface area contributed by atoms with E-state index >= 15 is 0 Å². The molecule has 4 nitrogen and oxygen atoms in total. The number of nitrogens with zero attached hydrogens (tertiary/aromatic N) is 2. The van der Waals surface area contributed by atoms with E-state index in [0.29, 0.717) is 12.2 Å². The largest absolute Gasteiger partial charge is 0.488 e. The summed E-state index contributed by atoms with van der Waals surface area (Å²) in [5, 5.41) is 15.5. The van der Waals surface area contributed by atoms with E-state index in [4.69, 9.17) is 9.57 Å². The zero-order valence-electron chi connectivity index (χ0n) is 17.3. The first-order valence-corrected chi connectivity index (χ1v) is 10.1. The lowest BCUT2D eigenvalue weighted by Gasteiger charge is -2.12. The van der Waals surface area contributed by atoms with Gasteiger partial charge in [-0.25, -0.2) is 0 Å². The summed E-state index contributed by atoms with van der Waals surface area (Å²) in [6, 6.07) is 29.9. The van der Waals surface area contributed by atoms with Gasteiger partial charge in [-0.2, -0.15) is 5.26 Å². The molecule has 0 aromatic heterocycles. The molecule has 4 heteroatoms. The second-order valence-electron chi connectivity index (χ2n) is 7.25. The first kappa shape index (κ1) is 20.2. The number of hydrogen-bond acceptors (Lipinski definition) is 4. The van der Waals surface area contributed by atoms with Gasteiger partial charge in [-0.05, 0) is 35.4 Å². The van der Waals surface area contributed by atoms with E-state index < -0.39 is 0 Å². The molecule has 0 saturated carbocycles. The first-order chi connectivity index (χ1) is 15.2. The Morgan fingerprint density at radius 2 is 1.65 bits per heavy atom. The molecule has 4 rings (SSSR count). The molecule has 0 spiro atoms. The van der Waals surface area contributed by atoms with Gasteiger partial charge in [0.15, 0.2) is 0 Å². The zero-order chi connectivity index (χ0) is 21.5. The number of aryl methyl sites for hydroxylation is 1. The summed E-state index contributed by atoms with van der Waals surface area (Å²) >= 11 is 0. The van der Waals surface area contributed by atoms with Crippen molar-refractivity contribution in [2.24, 2.45) is 5.16 Å². The van der Waals surface area contributed by atoms with Crippen LogP contribution in [0.15, 0.2) is 90.1 Å². The summed E-state index contributed by atoms with van der Waals surface area (Å²) in [7, 11) is 0. The van der Waals surface area contributed by atoms with E-state index in [1.807, 2.05) is 48.5 Å². The van der Waals surface area contributed by atoms with Crippen molar-refractivity contribution in [2.45, 2.75) is 20.1 Å². The number of benzene rings is 4. The number of nitriles is 1. The summed E-state index contributed by atoms with van der Waals surface area (Å²) in [4.78, 5) is 5.51. The molecule has 0 bridgehead atoms. The van der Waals surface area contributed by atoms with Crippen LogP contribution in [0.2, 0.25) is 0 Å². The predicted molar refractivity (Wildman–Crippen MR) is 123 cm³/mol. The highest BCUT2D eigenvalue weighted by Gasteiger charge is 2.08. The number of rotatable bonds is 7. The summed E-state index contributed by atoms with van der Waals surface area (Å²) in [6.45, 7) is 2.76. The van der Waals surface area contributed by atoms with E-state index in [-0.39, 0.29) is 6.61 Å². The Morgan fingerprint density at radius 3 is 2.48 bits per heavy atom. The van der Waals surface area contributed by atoms with Gasteiger partial charge < -0.3 is 9.57 Å². The molecule has 0 saturated heterocycles. The predicted octanol–water partition coefficient (Wildman–Crippen LogP) is 6.15. The molecule has 152 valence electrons. The van der Waals surface area contributed by atoms with Crippen LogP contribution >= 0.6 is 0 Å². The molecule has 31 heavy (non-hydrogen) atoms. The second-order valence-corrected chi connectivity index (χ2v) is 7.25.